The van der Waals surface area contributed by atoms with Crippen LogP contribution in [-0.4, -0.2) is 40.6 Å². The molecular formula is C21H27ClN2O4S. The Kier molecular flexibility index (Phi) is 8.07. The number of halogens is 1. The van der Waals surface area contributed by atoms with Crippen molar-refractivity contribution in [1.29, 1.82) is 0 Å². The first kappa shape index (κ1) is 23.2. The molecule has 0 aliphatic carbocycles. The molecule has 0 radical (unpaired) electrons. The van der Waals surface area contributed by atoms with E-state index in [4.69, 9.17) is 16.3 Å². The first-order valence-corrected chi connectivity index (χ1v) is 11.2. The van der Waals surface area contributed by atoms with Gasteiger partial charge in [0, 0.05) is 30.8 Å². The van der Waals surface area contributed by atoms with Gasteiger partial charge in [-0.1, -0.05) is 17.7 Å². The Balaban J connectivity index is 2.15. The van der Waals surface area contributed by atoms with E-state index in [1.165, 1.54) is 35.6 Å². The minimum atomic E-state index is -3.78. The molecule has 158 valence electrons. The summed E-state index contributed by atoms with van der Waals surface area (Å²) in [4.78, 5) is 12.6. The van der Waals surface area contributed by atoms with Gasteiger partial charge in [-0.05, 0) is 69.2 Å². The molecule has 2 rings (SSSR count). The fraction of sp³-hybridized carbons (Fsp3) is 0.381. The molecule has 29 heavy (non-hydrogen) atoms. The summed E-state index contributed by atoms with van der Waals surface area (Å²) in [6, 6.07) is 11.0. The number of ether oxygens (including phenoxy) is 1. The smallest absolute Gasteiger partial charge is 0.264 e. The Bertz CT molecular complexity index is 944. The normalized spacial score (nSPS) is 11.5. The summed E-state index contributed by atoms with van der Waals surface area (Å²) in [6.45, 7) is 6.77. The predicted octanol–water partition coefficient (Wildman–Crippen LogP) is 4.02. The van der Waals surface area contributed by atoms with Gasteiger partial charge in [0.05, 0.1) is 16.7 Å². The van der Waals surface area contributed by atoms with E-state index >= 15 is 0 Å². The molecule has 0 unspecified atom stereocenters. The van der Waals surface area contributed by atoms with E-state index in [2.05, 4.69) is 5.32 Å². The summed E-state index contributed by atoms with van der Waals surface area (Å²) >= 11 is 5.86. The van der Waals surface area contributed by atoms with Crippen LogP contribution in [0.4, 0.5) is 5.69 Å². The zero-order valence-electron chi connectivity index (χ0n) is 17.1. The van der Waals surface area contributed by atoms with Crippen molar-refractivity contribution in [3.63, 3.8) is 0 Å². The van der Waals surface area contributed by atoms with Gasteiger partial charge in [-0.3, -0.25) is 9.10 Å². The van der Waals surface area contributed by atoms with Crippen molar-refractivity contribution in [2.75, 3.05) is 24.5 Å². The number of nitrogens with one attached hydrogen (secondary N) is 1. The lowest BCUT2D eigenvalue weighted by atomic mass is 10.1. The highest BCUT2D eigenvalue weighted by Crippen LogP contribution is 2.27. The second kappa shape index (κ2) is 10.1. The van der Waals surface area contributed by atoms with E-state index in [9.17, 15) is 13.2 Å². The van der Waals surface area contributed by atoms with Crippen molar-refractivity contribution in [2.24, 2.45) is 0 Å². The fourth-order valence-electron chi connectivity index (χ4n) is 2.68. The van der Waals surface area contributed by atoms with Gasteiger partial charge in [0.15, 0.2) is 0 Å². The van der Waals surface area contributed by atoms with Crippen molar-refractivity contribution < 1.29 is 17.9 Å². The zero-order chi connectivity index (χ0) is 21.6. The van der Waals surface area contributed by atoms with Crippen LogP contribution in [0, 0.1) is 6.92 Å². The maximum atomic E-state index is 12.9. The number of benzene rings is 2. The SMILES string of the molecule is Cc1ccc(C(=O)NCCCOC(C)C)cc1N(C)S(=O)(=O)c1ccc(Cl)cc1. The summed E-state index contributed by atoms with van der Waals surface area (Å²) in [5.74, 6) is -0.256. The Hall–Kier alpha value is -2.09. The van der Waals surface area contributed by atoms with Crippen molar-refractivity contribution in [3.05, 3.63) is 58.6 Å². The van der Waals surface area contributed by atoms with Gasteiger partial charge in [0.1, 0.15) is 0 Å². The van der Waals surface area contributed by atoms with Gasteiger partial charge in [0.25, 0.3) is 15.9 Å². The molecule has 0 heterocycles. The highest BCUT2D eigenvalue weighted by atomic mass is 35.5. The van der Waals surface area contributed by atoms with E-state index < -0.39 is 10.0 Å². The number of carbonyl (C=O) groups excluding carboxylic acids is 1. The fourth-order valence-corrected chi connectivity index (χ4v) is 4.06. The minimum Gasteiger partial charge on any atom is -0.379 e. The molecule has 8 heteroatoms. The number of hydrogen-bond donors (Lipinski definition) is 1. The van der Waals surface area contributed by atoms with E-state index in [-0.39, 0.29) is 16.9 Å². The number of aryl methyl sites for hydroxylation is 1. The van der Waals surface area contributed by atoms with Crippen LogP contribution in [-0.2, 0) is 14.8 Å². The lowest BCUT2D eigenvalue weighted by Crippen LogP contribution is -2.29. The number of sulfonamides is 1. The predicted molar refractivity (Wildman–Crippen MR) is 116 cm³/mol. The monoisotopic (exact) mass is 438 g/mol. The molecule has 0 fully saturated rings. The molecule has 0 spiro atoms. The van der Waals surface area contributed by atoms with Crippen LogP contribution in [0.3, 0.4) is 0 Å². The van der Waals surface area contributed by atoms with Crippen LogP contribution >= 0.6 is 11.6 Å². The third-order valence-electron chi connectivity index (χ3n) is 4.34. The Morgan fingerprint density at radius 2 is 1.83 bits per heavy atom. The van der Waals surface area contributed by atoms with Crippen molar-refractivity contribution >= 4 is 33.2 Å². The first-order valence-electron chi connectivity index (χ1n) is 9.38. The van der Waals surface area contributed by atoms with Gasteiger partial charge in [-0.2, -0.15) is 0 Å². The number of amides is 1. The van der Waals surface area contributed by atoms with E-state index in [0.29, 0.717) is 35.8 Å². The molecule has 6 nitrogen and oxygen atoms in total. The molecule has 0 bridgehead atoms. The van der Waals surface area contributed by atoms with Gasteiger partial charge in [-0.15, -0.1) is 0 Å². The maximum Gasteiger partial charge on any atom is 0.264 e. The third-order valence-corrected chi connectivity index (χ3v) is 6.38. The molecule has 0 aliphatic heterocycles. The van der Waals surface area contributed by atoms with E-state index in [0.717, 1.165) is 5.56 Å². The lowest BCUT2D eigenvalue weighted by molar-refractivity contribution is 0.0757. The molecule has 0 saturated carbocycles. The van der Waals surface area contributed by atoms with Crippen LogP contribution < -0.4 is 9.62 Å². The molecule has 0 saturated heterocycles. The van der Waals surface area contributed by atoms with Crippen molar-refractivity contribution in [2.45, 2.75) is 38.2 Å². The molecule has 2 aromatic rings. The second-order valence-corrected chi connectivity index (χ2v) is 9.36. The average Bonchev–Trinajstić information content (AvgIpc) is 2.67. The van der Waals surface area contributed by atoms with Gasteiger partial charge in [0.2, 0.25) is 0 Å². The highest BCUT2D eigenvalue weighted by molar-refractivity contribution is 7.92. The summed E-state index contributed by atoms with van der Waals surface area (Å²) in [5, 5.41) is 3.29. The molecule has 0 aliphatic rings. The number of hydrogen-bond acceptors (Lipinski definition) is 4. The second-order valence-electron chi connectivity index (χ2n) is 6.96. The van der Waals surface area contributed by atoms with Crippen LogP contribution in [0.25, 0.3) is 0 Å². The topological polar surface area (TPSA) is 75.7 Å². The van der Waals surface area contributed by atoms with E-state index in [1.807, 2.05) is 13.8 Å². The van der Waals surface area contributed by atoms with Crippen LogP contribution in [0.15, 0.2) is 47.4 Å². The standard InChI is InChI=1S/C21H27ClN2O4S/c1-15(2)28-13-5-12-23-21(25)17-7-6-16(3)20(14-17)24(4)29(26,27)19-10-8-18(22)9-11-19/h6-11,14-15H,5,12-13H2,1-4H3,(H,23,25). The molecule has 1 amide bonds. The molecular weight excluding hydrogens is 412 g/mol. The maximum absolute atomic E-state index is 12.9. The summed E-state index contributed by atoms with van der Waals surface area (Å²) in [5.41, 5.74) is 1.58. The Morgan fingerprint density at radius 1 is 1.17 bits per heavy atom. The number of rotatable bonds is 9. The summed E-state index contributed by atoms with van der Waals surface area (Å²) in [6.07, 6.45) is 0.858. The summed E-state index contributed by atoms with van der Waals surface area (Å²) < 4.78 is 32.5. The Morgan fingerprint density at radius 3 is 2.45 bits per heavy atom. The molecule has 2 aromatic carbocycles. The van der Waals surface area contributed by atoms with E-state index in [1.54, 1.807) is 25.1 Å². The molecule has 0 atom stereocenters. The summed E-state index contributed by atoms with van der Waals surface area (Å²) in [7, 11) is -2.31. The quantitative estimate of drug-likeness (QED) is 0.600. The number of carbonyl (C=O) groups is 1. The first-order chi connectivity index (χ1) is 13.6. The Labute approximate surface area is 177 Å². The lowest BCUT2D eigenvalue weighted by Gasteiger charge is -2.22. The van der Waals surface area contributed by atoms with Crippen LogP contribution in [0.1, 0.15) is 36.2 Å². The number of anilines is 1. The molecule has 1 N–H and O–H groups in total. The van der Waals surface area contributed by atoms with Gasteiger partial charge >= 0.3 is 0 Å². The largest absolute Gasteiger partial charge is 0.379 e. The average molecular weight is 439 g/mol. The number of nitrogens with zero attached hydrogens (tertiary/aromatic N) is 1. The van der Waals surface area contributed by atoms with Gasteiger partial charge in [-0.25, -0.2) is 8.42 Å². The highest BCUT2D eigenvalue weighted by Gasteiger charge is 2.23. The van der Waals surface area contributed by atoms with Crippen LogP contribution in [0.2, 0.25) is 5.02 Å². The van der Waals surface area contributed by atoms with Gasteiger partial charge < -0.3 is 10.1 Å². The third kappa shape index (κ3) is 6.19. The van der Waals surface area contributed by atoms with Crippen molar-refractivity contribution in [3.8, 4) is 0 Å². The van der Waals surface area contributed by atoms with Crippen molar-refractivity contribution in [1.82, 2.24) is 5.32 Å². The van der Waals surface area contributed by atoms with Crippen LogP contribution in [0.5, 0.6) is 0 Å². The minimum absolute atomic E-state index is 0.129. The molecule has 0 aromatic heterocycles. The zero-order valence-corrected chi connectivity index (χ0v) is 18.7.